The molecule has 2 rings (SSSR count). The maximum atomic E-state index is 10.2. The number of carbonyl (C=O) groups excluding carboxylic acids is 1. The van der Waals surface area contributed by atoms with E-state index in [1.54, 1.807) is 24.3 Å². The van der Waals surface area contributed by atoms with Crippen molar-refractivity contribution >= 4 is 12.3 Å². The number of benzene rings is 1. The van der Waals surface area contributed by atoms with Crippen LogP contribution in [0, 0.1) is 11.3 Å². The number of aliphatic carboxylic acids is 1. The first-order valence-corrected chi connectivity index (χ1v) is 7.84. The lowest BCUT2D eigenvalue weighted by Crippen LogP contribution is -2.37. The molecule has 0 radical (unpaired) electrons. The summed E-state index contributed by atoms with van der Waals surface area (Å²) in [5.74, 6) is -1.05. The second kappa shape index (κ2) is 13.2. The number of nitriles is 1. The van der Waals surface area contributed by atoms with Crippen LogP contribution in [0.5, 0.6) is 0 Å². The van der Waals surface area contributed by atoms with Crippen LogP contribution >= 0.6 is 0 Å². The maximum absolute atomic E-state index is 10.2. The van der Waals surface area contributed by atoms with E-state index < -0.39 is 12.0 Å². The Morgan fingerprint density at radius 3 is 2.33 bits per heavy atom. The summed E-state index contributed by atoms with van der Waals surface area (Å²) >= 11 is 0. The molecule has 0 spiro atoms. The second-order valence-corrected chi connectivity index (χ2v) is 5.43. The molecule has 24 heavy (non-hydrogen) atoms. The van der Waals surface area contributed by atoms with Crippen molar-refractivity contribution < 1.29 is 14.7 Å². The Hall–Kier alpha value is -2.27. The van der Waals surface area contributed by atoms with Crippen LogP contribution in [0.4, 0.5) is 0 Å². The summed E-state index contributed by atoms with van der Waals surface area (Å²) in [7, 11) is 0. The molecule has 7 N–H and O–H groups in total. The lowest BCUT2D eigenvalue weighted by Gasteiger charge is -2.15. The van der Waals surface area contributed by atoms with Gasteiger partial charge in [0.2, 0.25) is 0 Å². The molecule has 1 aliphatic carbocycles. The third-order valence-corrected chi connectivity index (χ3v) is 3.37. The van der Waals surface area contributed by atoms with Gasteiger partial charge in [0.25, 0.3) is 0 Å². The van der Waals surface area contributed by atoms with Crippen LogP contribution in [-0.4, -0.2) is 36.0 Å². The van der Waals surface area contributed by atoms with Crippen molar-refractivity contribution in [3.63, 3.8) is 0 Å². The zero-order valence-electron chi connectivity index (χ0n) is 13.7. The molecule has 0 unspecified atom stereocenters. The van der Waals surface area contributed by atoms with Gasteiger partial charge in [0.15, 0.2) is 0 Å². The molecule has 1 atom stereocenters. The van der Waals surface area contributed by atoms with Gasteiger partial charge >= 0.3 is 5.97 Å². The summed E-state index contributed by atoms with van der Waals surface area (Å²) in [5.41, 5.74) is 16.5. The second-order valence-electron chi connectivity index (χ2n) is 5.43. The molecule has 0 saturated heterocycles. The molecule has 1 aromatic carbocycles. The number of nitrogens with zero attached hydrogens (tertiary/aromatic N) is 1. The highest BCUT2D eigenvalue weighted by Gasteiger charge is 2.06. The van der Waals surface area contributed by atoms with Crippen molar-refractivity contribution in [2.75, 3.05) is 6.54 Å². The fourth-order valence-electron chi connectivity index (χ4n) is 1.92. The molecular weight excluding hydrogens is 308 g/mol. The van der Waals surface area contributed by atoms with E-state index in [2.05, 4.69) is 0 Å². The number of aldehydes is 1. The first kappa shape index (κ1) is 21.7. The lowest BCUT2D eigenvalue weighted by molar-refractivity contribution is -0.138. The van der Waals surface area contributed by atoms with Gasteiger partial charge in [-0.15, -0.1) is 0 Å². The number of hydrogen-bond acceptors (Lipinski definition) is 6. The molecule has 1 fully saturated rings. The van der Waals surface area contributed by atoms with Crippen molar-refractivity contribution in [2.45, 2.75) is 44.2 Å². The Labute approximate surface area is 142 Å². The van der Waals surface area contributed by atoms with Crippen molar-refractivity contribution in [3.05, 3.63) is 35.4 Å². The minimum absolute atomic E-state index is 0.00463. The lowest BCUT2D eigenvalue weighted by atomic mass is 9.97. The van der Waals surface area contributed by atoms with Gasteiger partial charge in [-0.1, -0.05) is 31.4 Å². The number of carboxylic acids is 1. The van der Waals surface area contributed by atoms with Crippen LogP contribution in [-0.2, 0) is 4.79 Å². The molecule has 7 heteroatoms. The van der Waals surface area contributed by atoms with Gasteiger partial charge in [0, 0.05) is 18.2 Å². The van der Waals surface area contributed by atoms with Crippen LogP contribution in [0.1, 0.15) is 48.0 Å². The summed E-state index contributed by atoms with van der Waals surface area (Å²) in [6.45, 7) is -0.00463. The van der Waals surface area contributed by atoms with E-state index in [1.807, 2.05) is 6.07 Å². The number of nitrogens with two attached hydrogens (primary N) is 3. The van der Waals surface area contributed by atoms with E-state index in [1.165, 1.54) is 32.1 Å². The Kier molecular flexibility index (Phi) is 11.9. The molecule has 0 amide bonds. The SMILES string of the molecule is N#Cc1cccc(C=O)c1.NC1CCCCC1.NC[C@H](N)C(=O)O. The monoisotopic (exact) mass is 334 g/mol. The third-order valence-electron chi connectivity index (χ3n) is 3.37. The van der Waals surface area contributed by atoms with Gasteiger partial charge < -0.3 is 22.3 Å². The highest BCUT2D eigenvalue weighted by atomic mass is 16.4. The van der Waals surface area contributed by atoms with Crippen molar-refractivity contribution in [2.24, 2.45) is 17.2 Å². The summed E-state index contributed by atoms with van der Waals surface area (Å²) in [6.07, 6.45) is 7.39. The molecule has 7 nitrogen and oxygen atoms in total. The van der Waals surface area contributed by atoms with E-state index in [9.17, 15) is 9.59 Å². The Morgan fingerprint density at radius 2 is 2.00 bits per heavy atom. The van der Waals surface area contributed by atoms with Crippen molar-refractivity contribution in [3.8, 4) is 6.07 Å². The summed E-state index contributed by atoms with van der Waals surface area (Å²) in [4.78, 5) is 19.9. The molecular formula is C17H26N4O3. The van der Waals surface area contributed by atoms with E-state index in [4.69, 9.17) is 27.6 Å². The molecule has 0 aromatic heterocycles. The average Bonchev–Trinajstić information content (AvgIpc) is 2.62. The van der Waals surface area contributed by atoms with Gasteiger partial charge in [0.1, 0.15) is 12.3 Å². The molecule has 0 heterocycles. The van der Waals surface area contributed by atoms with Crippen LogP contribution in [0.25, 0.3) is 0 Å². The Bertz CT molecular complexity index is 537. The minimum Gasteiger partial charge on any atom is -0.480 e. The smallest absolute Gasteiger partial charge is 0.321 e. The van der Waals surface area contributed by atoms with Gasteiger partial charge in [-0.05, 0) is 25.0 Å². The maximum Gasteiger partial charge on any atom is 0.321 e. The topological polar surface area (TPSA) is 156 Å². The van der Waals surface area contributed by atoms with E-state index in [0.29, 0.717) is 17.2 Å². The minimum atomic E-state index is -1.05. The average molecular weight is 334 g/mol. The predicted octanol–water partition coefficient (Wildman–Crippen LogP) is 1.01. The fourth-order valence-corrected chi connectivity index (χ4v) is 1.92. The standard InChI is InChI=1S/C8H5NO.C6H13N.C3H8N2O2/c9-5-7-2-1-3-8(4-7)6-10;7-6-4-2-1-3-5-6;4-1-2(5)3(6)7/h1-4,6H;6H,1-5,7H2;2H,1,4-5H2,(H,6,7)/t;;2-/m..0/s1. The van der Waals surface area contributed by atoms with Crippen molar-refractivity contribution in [1.82, 2.24) is 0 Å². The number of carbonyl (C=O) groups is 2. The highest BCUT2D eigenvalue weighted by molar-refractivity contribution is 5.75. The van der Waals surface area contributed by atoms with Gasteiger partial charge in [-0.3, -0.25) is 9.59 Å². The van der Waals surface area contributed by atoms with Crippen molar-refractivity contribution in [1.29, 1.82) is 5.26 Å². The number of rotatable bonds is 3. The third kappa shape index (κ3) is 10.5. The largest absolute Gasteiger partial charge is 0.480 e. The van der Waals surface area contributed by atoms with Crippen LogP contribution < -0.4 is 17.2 Å². The van der Waals surface area contributed by atoms with E-state index in [-0.39, 0.29) is 6.54 Å². The van der Waals surface area contributed by atoms with Crippen LogP contribution in [0.3, 0.4) is 0 Å². The molecule has 132 valence electrons. The van der Waals surface area contributed by atoms with E-state index >= 15 is 0 Å². The number of hydrogen-bond donors (Lipinski definition) is 4. The Morgan fingerprint density at radius 1 is 1.38 bits per heavy atom. The molecule has 1 aromatic rings. The van der Waals surface area contributed by atoms with Crippen LogP contribution in [0.2, 0.25) is 0 Å². The van der Waals surface area contributed by atoms with Gasteiger partial charge in [0.05, 0.1) is 11.6 Å². The first-order chi connectivity index (χ1) is 11.4. The van der Waals surface area contributed by atoms with Gasteiger partial charge in [-0.2, -0.15) is 5.26 Å². The zero-order valence-corrected chi connectivity index (χ0v) is 13.7. The Balaban J connectivity index is 0.000000340. The molecule has 0 aliphatic heterocycles. The number of carboxylic acid groups (broad SMARTS) is 1. The molecule has 0 bridgehead atoms. The zero-order chi connectivity index (χ0) is 18.4. The van der Waals surface area contributed by atoms with E-state index in [0.717, 1.165) is 6.29 Å². The normalized spacial score (nSPS) is 14.8. The fraction of sp³-hybridized carbons (Fsp3) is 0.471. The predicted molar refractivity (Wildman–Crippen MR) is 92.3 cm³/mol. The summed E-state index contributed by atoms with van der Waals surface area (Å²) in [5, 5.41) is 16.4. The summed E-state index contributed by atoms with van der Waals surface area (Å²) in [6, 6.07) is 8.13. The first-order valence-electron chi connectivity index (χ1n) is 7.84. The summed E-state index contributed by atoms with van der Waals surface area (Å²) < 4.78 is 0. The highest BCUT2D eigenvalue weighted by Crippen LogP contribution is 2.14. The quantitative estimate of drug-likeness (QED) is 0.601. The van der Waals surface area contributed by atoms with Crippen LogP contribution in [0.15, 0.2) is 24.3 Å². The van der Waals surface area contributed by atoms with Gasteiger partial charge in [-0.25, -0.2) is 0 Å². The molecule has 1 saturated carbocycles. The molecule has 1 aliphatic rings.